The van der Waals surface area contributed by atoms with E-state index >= 15 is 0 Å². The zero-order chi connectivity index (χ0) is 20.4. The summed E-state index contributed by atoms with van der Waals surface area (Å²) >= 11 is 1.26. The first-order chi connectivity index (χ1) is 14.0. The molecule has 1 spiro atoms. The molecule has 6 nitrogen and oxygen atoms in total. The quantitative estimate of drug-likeness (QED) is 0.599. The van der Waals surface area contributed by atoms with Crippen molar-refractivity contribution in [3.05, 3.63) is 46.4 Å². The van der Waals surface area contributed by atoms with Gasteiger partial charge < -0.3 is 19.7 Å². The first-order valence-electron chi connectivity index (χ1n) is 10.4. The molecule has 0 amide bonds. The van der Waals surface area contributed by atoms with E-state index in [1.807, 2.05) is 18.3 Å². The van der Waals surface area contributed by atoms with Crippen LogP contribution in [0.1, 0.15) is 55.5 Å². The fourth-order valence-electron chi connectivity index (χ4n) is 5.06. The number of rotatable bonds is 7. The van der Waals surface area contributed by atoms with Gasteiger partial charge in [-0.25, -0.2) is 0 Å². The molecule has 4 rings (SSSR count). The van der Waals surface area contributed by atoms with Gasteiger partial charge in [0.15, 0.2) is 0 Å². The van der Waals surface area contributed by atoms with E-state index < -0.39 is 5.91 Å². The molecule has 1 saturated heterocycles. The van der Waals surface area contributed by atoms with Gasteiger partial charge in [0.1, 0.15) is 10.6 Å². The number of ether oxygens (including phenoxy) is 2. The van der Waals surface area contributed by atoms with E-state index in [1.165, 1.54) is 31.3 Å². The molecule has 29 heavy (non-hydrogen) atoms. The molecule has 2 aliphatic rings. The predicted molar refractivity (Wildman–Crippen MR) is 112 cm³/mol. The summed E-state index contributed by atoms with van der Waals surface area (Å²) in [5.74, 6) is -1.65. The third kappa shape index (κ3) is 4.20. The van der Waals surface area contributed by atoms with Crippen molar-refractivity contribution in [2.75, 3.05) is 20.3 Å². The van der Waals surface area contributed by atoms with E-state index in [0.717, 1.165) is 44.4 Å². The van der Waals surface area contributed by atoms with Crippen molar-refractivity contribution in [1.82, 2.24) is 10.3 Å². The van der Waals surface area contributed by atoms with E-state index in [1.54, 1.807) is 11.4 Å². The Balaban J connectivity index is 1.52. The molecular weight excluding hydrogens is 388 g/mol. The molecule has 1 saturated carbocycles. The zero-order valence-electron chi connectivity index (χ0n) is 16.9. The number of thiophene rings is 1. The van der Waals surface area contributed by atoms with Gasteiger partial charge in [0.25, 0.3) is 5.91 Å². The number of methoxy groups -OCH3 is 1. The number of aromatic nitrogens is 1. The van der Waals surface area contributed by atoms with Crippen LogP contribution in [0.15, 0.2) is 35.8 Å². The van der Waals surface area contributed by atoms with Gasteiger partial charge in [0, 0.05) is 30.5 Å². The maximum Gasteiger partial charge on any atom is 0.264 e. The van der Waals surface area contributed by atoms with Crippen LogP contribution in [0.2, 0.25) is 0 Å². The van der Waals surface area contributed by atoms with Crippen molar-refractivity contribution in [2.45, 2.75) is 61.9 Å². The fourth-order valence-corrected chi connectivity index (χ4v) is 5.90. The molecule has 0 radical (unpaired) electrons. The molecule has 1 aliphatic heterocycles. The summed E-state index contributed by atoms with van der Waals surface area (Å²) in [4.78, 5) is 5.06. The third-order valence-electron chi connectivity index (χ3n) is 6.51. The number of hydrogen-bond acceptors (Lipinski definition) is 7. The Bertz CT molecular complexity index is 804. The molecule has 2 aromatic heterocycles. The zero-order valence-corrected chi connectivity index (χ0v) is 17.7. The van der Waals surface area contributed by atoms with Crippen LogP contribution in [0.5, 0.6) is 5.75 Å². The number of nitrogens with zero attached hydrogens (tertiary/aromatic N) is 1. The molecule has 0 bridgehead atoms. The topological polar surface area (TPSA) is 83.8 Å². The molecule has 2 fully saturated rings. The van der Waals surface area contributed by atoms with Crippen LogP contribution in [0.4, 0.5) is 0 Å². The minimum atomic E-state index is -2.12. The van der Waals surface area contributed by atoms with Crippen LogP contribution in [0, 0.1) is 0 Å². The molecule has 158 valence electrons. The Hall–Kier alpha value is -1.51. The highest BCUT2D eigenvalue weighted by Crippen LogP contribution is 2.49. The highest BCUT2D eigenvalue weighted by atomic mass is 32.1. The Morgan fingerprint density at radius 2 is 2.07 bits per heavy atom. The molecule has 3 N–H and O–H groups in total. The van der Waals surface area contributed by atoms with Crippen LogP contribution in [-0.2, 0) is 16.1 Å². The Labute approximate surface area is 175 Å². The summed E-state index contributed by atoms with van der Waals surface area (Å²) in [6.45, 7) is 1.17. The Kier molecular flexibility index (Phi) is 5.95. The fraction of sp³-hybridized carbons (Fsp3) is 0.591. The van der Waals surface area contributed by atoms with Crippen LogP contribution in [-0.4, -0.2) is 41.1 Å². The van der Waals surface area contributed by atoms with E-state index in [9.17, 15) is 10.2 Å². The number of hydrogen-bond donors (Lipinski definition) is 3. The maximum absolute atomic E-state index is 10.6. The monoisotopic (exact) mass is 418 g/mol. The van der Waals surface area contributed by atoms with E-state index in [-0.39, 0.29) is 11.0 Å². The van der Waals surface area contributed by atoms with E-state index in [4.69, 9.17) is 14.5 Å². The number of nitrogens with one attached hydrogen (secondary N) is 1. The van der Waals surface area contributed by atoms with Crippen molar-refractivity contribution in [3.63, 3.8) is 0 Å². The summed E-state index contributed by atoms with van der Waals surface area (Å²) in [5, 5.41) is 25.9. The number of aliphatic hydroxyl groups is 2. The minimum absolute atomic E-state index is 0.0533. The SMILES string of the molecule is COc1ccsc1C(O)(O)NCC[C@@]1(c2ccccn2)CCOC2(CCCC2)C1. The van der Waals surface area contributed by atoms with E-state index in [2.05, 4.69) is 11.4 Å². The Morgan fingerprint density at radius 1 is 1.24 bits per heavy atom. The van der Waals surface area contributed by atoms with Gasteiger partial charge in [-0.15, -0.1) is 11.3 Å². The lowest BCUT2D eigenvalue weighted by Gasteiger charge is -2.46. The maximum atomic E-state index is 10.6. The van der Waals surface area contributed by atoms with Crippen molar-refractivity contribution < 1.29 is 19.7 Å². The van der Waals surface area contributed by atoms with Gasteiger partial charge >= 0.3 is 0 Å². The molecule has 7 heteroatoms. The minimum Gasteiger partial charge on any atom is -0.495 e. The lowest BCUT2D eigenvalue weighted by Crippen LogP contribution is -2.49. The van der Waals surface area contributed by atoms with Crippen molar-refractivity contribution in [3.8, 4) is 5.75 Å². The molecule has 2 aromatic rings. The largest absolute Gasteiger partial charge is 0.495 e. The van der Waals surface area contributed by atoms with Crippen LogP contribution < -0.4 is 10.1 Å². The molecule has 1 atom stereocenters. The first-order valence-corrected chi connectivity index (χ1v) is 11.2. The lowest BCUT2D eigenvalue weighted by molar-refractivity contribution is -0.194. The smallest absolute Gasteiger partial charge is 0.264 e. The molecular formula is C22H30N2O4S. The summed E-state index contributed by atoms with van der Waals surface area (Å²) in [6.07, 6.45) is 9.06. The highest BCUT2D eigenvalue weighted by Gasteiger charge is 2.48. The molecule has 0 unspecified atom stereocenters. The normalized spacial score (nSPS) is 24.1. The standard InChI is InChI=1S/C22H30N2O4S/c1-27-17-7-15-29-19(17)22(25,26)24-13-10-20(18-6-2-5-12-23-18)11-14-28-21(16-20)8-3-4-9-21/h2,5-7,12,15,24-26H,3-4,8-11,13-14,16H2,1H3/t20-/m1/s1. The van der Waals surface area contributed by atoms with Crippen LogP contribution in [0.25, 0.3) is 0 Å². The van der Waals surface area contributed by atoms with Crippen molar-refractivity contribution in [1.29, 1.82) is 0 Å². The molecule has 3 heterocycles. The third-order valence-corrected chi connectivity index (χ3v) is 7.51. The number of pyridine rings is 1. The van der Waals surface area contributed by atoms with E-state index in [0.29, 0.717) is 17.2 Å². The molecule has 1 aliphatic carbocycles. The second-order valence-electron chi connectivity index (χ2n) is 8.33. The van der Waals surface area contributed by atoms with Crippen LogP contribution >= 0.6 is 11.3 Å². The van der Waals surface area contributed by atoms with Gasteiger partial charge in [0.2, 0.25) is 0 Å². The van der Waals surface area contributed by atoms with Crippen molar-refractivity contribution in [2.24, 2.45) is 0 Å². The predicted octanol–water partition coefficient (Wildman–Crippen LogP) is 3.29. The second-order valence-corrected chi connectivity index (χ2v) is 9.24. The van der Waals surface area contributed by atoms with Gasteiger partial charge in [-0.3, -0.25) is 10.3 Å². The average molecular weight is 419 g/mol. The average Bonchev–Trinajstić information content (AvgIpc) is 3.38. The summed E-state index contributed by atoms with van der Waals surface area (Å²) in [5.41, 5.74) is 0.890. The summed E-state index contributed by atoms with van der Waals surface area (Å²) in [7, 11) is 1.53. The summed E-state index contributed by atoms with van der Waals surface area (Å²) < 4.78 is 11.5. The van der Waals surface area contributed by atoms with Gasteiger partial charge in [0.05, 0.1) is 12.7 Å². The van der Waals surface area contributed by atoms with Gasteiger partial charge in [-0.2, -0.15) is 0 Å². The Morgan fingerprint density at radius 3 is 2.79 bits per heavy atom. The lowest BCUT2D eigenvalue weighted by atomic mass is 9.68. The van der Waals surface area contributed by atoms with Crippen LogP contribution in [0.3, 0.4) is 0 Å². The van der Waals surface area contributed by atoms with Crippen molar-refractivity contribution >= 4 is 11.3 Å². The van der Waals surface area contributed by atoms with Gasteiger partial charge in [-0.05, 0) is 55.7 Å². The second kappa shape index (κ2) is 8.32. The first kappa shape index (κ1) is 20.8. The summed E-state index contributed by atoms with van der Waals surface area (Å²) in [6, 6.07) is 7.81. The van der Waals surface area contributed by atoms with Gasteiger partial charge in [-0.1, -0.05) is 18.9 Å². The highest BCUT2D eigenvalue weighted by molar-refractivity contribution is 7.10. The molecule has 0 aromatic carbocycles.